The zero-order valence-electron chi connectivity index (χ0n) is 8.51. The summed E-state index contributed by atoms with van der Waals surface area (Å²) in [6, 6.07) is 3.69. The van der Waals surface area contributed by atoms with E-state index >= 15 is 0 Å². The second kappa shape index (κ2) is 4.76. The predicted octanol–water partition coefficient (Wildman–Crippen LogP) is 2.32. The summed E-state index contributed by atoms with van der Waals surface area (Å²) in [7, 11) is 1.56. The van der Waals surface area contributed by atoms with Crippen molar-refractivity contribution >= 4 is 23.4 Å². The monoisotopic (exact) mass is 256 g/mol. The summed E-state index contributed by atoms with van der Waals surface area (Å²) >= 11 is 7.34. The molecule has 0 saturated heterocycles. The Hall–Kier alpha value is -1.20. The topological polar surface area (TPSA) is 48.0 Å². The summed E-state index contributed by atoms with van der Waals surface area (Å²) in [5, 5.41) is 4.11. The van der Waals surface area contributed by atoms with Crippen LogP contribution >= 0.6 is 23.4 Å². The highest BCUT2D eigenvalue weighted by Gasteiger charge is 2.08. The smallest absolute Gasteiger partial charge is 0.286 e. The molecular weight excluding hydrogens is 248 g/mol. The van der Waals surface area contributed by atoms with E-state index in [0.717, 1.165) is 5.76 Å². The van der Waals surface area contributed by atoms with E-state index in [-0.39, 0.29) is 10.6 Å². The van der Waals surface area contributed by atoms with Gasteiger partial charge in [-0.1, -0.05) is 11.6 Å². The summed E-state index contributed by atoms with van der Waals surface area (Å²) in [6.07, 6.45) is 3.19. The third kappa shape index (κ3) is 2.31. The summed E-state index contributed by atoms with van der Waals surface area (Å²) in [6.45, 7) is 0. The Morgan fingerprint density at radius 2 is 2.44 bits per heavy atom. The van der Waals surface area contributed by atoms with Crippen LogP contribution in [0.4, 0.5) is 0 Å². The van der Waals surface area contributed by atoms with Crippen molar-refractivity contribution < 1.29 is 4.42 Å². The zero-order chi connectivity index (χ0) is 11.5. The molecule has 2 aromatic heterocycles. The molecule has 0 aromatic carbocycles. The van der Waals surface area contributed by atoms with Crippen LogP contribution in [0.25, 0.3) is 0 Å². The highest BCUT2D eigenvalue weighted by molar-refractivity contribution is 7.98. The third-order valence-electron chi connectivity index (χ3n) is 2.00. The predicted molar refractivity (Wildman–Crippen MR) is 62.8 cm³/mol. The van der Waals surface area contributed by atoms with E-state index in [1.165, 1.54) is 16.4 Å². The van der Waals surface area contributed by atoms with Crippen molar-refractivity contribution in [3.63, 3.8) is 0 Å². The number of furan rings is 1. The maximum atomic E-state index is 11.5. The van der Waals surface area contributed by atoms with E-state index in [2.05, 4.69) is 5.10 Å². The van der Waals surface area contributed by atoms with Gasteiger partial charge in [-0.15, -0.1) is 11.8 Å². The van der Waals surface area contributed by atoms with E-state index in [9.17, 15) is 4.79 Å². The Morgan fingerprint density at radius 1 is 1.62 bits per heavy atom. The molecule has 2 aromatic rings. The quantitative estimate of drug-likeness (QED) is 0.791. The van der Waals surface area contributed by atoms with E-state index < -0.39 is 0 Å². The van der Waals surface area contributed by atoms with Crippen molar-refractivity contribution in [2.75, 3.05) is 0 Å². The number of aryl methyl sites for hydroxylation is 1. The average Bonchev–Trinajstić information content (AvgIpc) is 2.78. The van der Waals surface area contributed by atoms with Crippen LogP contribution in [0.3, 0.4) is 0 Å². The summed E-state index contributed by atoms with van der Waals surface area (Å²) in [5.74, 6) is 1.46. The molecule has 0 aliphatic heterocycles. The average molecular weight is 257 g/mol. The maximum absolute atomic E-state index is 11.5. The number of nitrogens with zero attached hydrogens (tertiary/aromatic N) is 2. The highest BCUT2D eigenvalue weighted by Crippen LogP contribution is 2.26. The fourth-order valence-corrected chi connectivity index (χ4v) is 2.27. The highest BCUT2D eigenvalue weighted by atomic mass is 35.5. The molecule has 0 saturated carbocycles. The van der Waals surface area contributed by atoms with Gasteiger partial charge < -0.3 is 4.42 Å². The molecule has 0 N–H and O–H groups in total. The fraction of sp³-hybridized carbons (Fsp3) is 0.200. The molecule has 0 radical (unpaired) electrons. The van der Waals surface area contributed by atoms with Gasteiger partial charge in [0.15, 0.2) is 0 Å². The molecular formula is C10H9ClN2O2S. The first-order valence-corrected chi connectivity index (χ1v) is 5.92. The van der Waals surface area contributed by atoms with E-state index in [1.807, 2.05) is 12.1 Å². The fourth-order valence-electron chi connectivity index (χ4n) is 1.14. The number of halogens is 1. The number of hydrogen-bond donors (Lipinski definition) is 0. The van der Waals surface area contributed by atoms with Gasteiger partial charge in [0.25, 0.3) is 5.56 Å². The summed E-state index contributed by atoms with van der Waals surface area (Å²) in [5.41, 5.74) is -0.286. The van der Waals surface area contributed by atoms with Crippen LogP contribution in [-0.2, 0) is 12.8 Å². The maximum Gasteiger partial charge on any atom is 0.286 e. The van der Waals surface area contributed by atoms with Crippen LogP contribution in [0, 0.1) is 0 Å². The van der Waals surface area contributed by atoms with Crippen LogP contribution < -0.4 is 5.56 Å². The van der Waals surface area contributed by atoms with Crippen LogP contribution in [0.1, 0.15) is 5.76 Å². The molecule has 0 unspecified atom stereocenters. The number of thioether (sulfide) groups is 1. The second-order valence-electron chi connectivity index (χ2n) is 3.12. The van der Waals surface area contributed by atoms with Gasteiger partial charge in [-0.05, 0) is 12.1 Å². The van der Waals surface area contributed by atoms with Crippen molar-refractivity contribution in [1.82, 2.24) is 9.78 Å². The minimum Gasteiger partial charge on any atom is -0.468 e. The van der Waals surface area contributed by atoms with Gasteiger partial charge >= 0.3 is 0 Å². The Morgan fingerprint density at radius 3 is 3.12 bits per heavy atom. The van der Waals surface area contributed by atoms with Crippen LogP contribution in [-0.4, -0.2) is 9.78 Å². The number of hydrogen-bond acceptors (Lipinski definition) is 4. The largest absolute Gasteiger partial charge is 0.468 e. The molecule has 2 heterocycles. The van der Waals surface area contributed by atoms with E-state index in [4.69, 9.17) is 16.0 Å². The Labute approximate surface area is 101 Å². The van der Waals surface area contributed by atoms with Gasteiger partial charge in [-0.3, -0.25) is 4.79 Å². The van der Waals surface area contributed by atoms with E-state index in [1.54, 1.807) is 19.5 Å². The lowest BCUT2D eigenvalue weighted by atomic mass is 10.5. The molecule has 0 amide bonds. The van der Waals surface area contributed by atoms with Gasteiger partial charge in [0, 0.05) is 7.05 Å². The number of rotatable bonds is 3. The number of aromatic nitrogens is 2. The van der Waals surface area contributed by atoms with E-state index in [0.29, 0.717) is 10.6 Å². The zero-order valence-corrected chi connectivity index (χ0v) is 10.1. The van der Waals surface area contributed by atoms with Crippen molar-refractivity contribution in [3.8, 4) is 0 Å². The van der Waals surface area contributed by atoms with Crippen molar-refractivity contribution in [3.05, 3.63) is 45.7 Å². The first kappa shape index (κ1) is 11.3. The normalized spacial score (nSPS) is 10.6. The first-order valence-electron chi connectivity index (χ1n) is 4.55. The molecule has 0 aliphatic carbocycles. The molecule has 0 aliphatic rings. The molecule has 0 spiro atoms. The van der Waals surface area contributed by atoms with Crippen LogP contribution in [0.2, 0.25) is 5.02 Å². The molecule has 6 heteroatoms. The van der Waals surface area contributed by atoms with Gasteiger partial charge in [0.05, 0.1) is 23.1 Å². The SMILES string of the molecule is Cn1ncc(SCc2ccco2)c(Cl)c1=O. The van der Waals surface area contributed by atoms with Gasteiger partial charge in [0.1, 0.15) is 10.8 Å². The van der Waals surface area contributed by atoms with Gasteiger partial charge in [-0.25, -0.2) is 4.68 Å². The van der Waals surface area contributed by atoms with Crippen LogP contribution in [0.15, 0.2) is 38.7 Å². The van der Waals surface area contributed by atoms with Crippen molar-refractivity contribution in [2.24, 2.45) is 7.05 Å². The Kier molecular flexibility index (Phi) is 3.36. The summed E-state index contributed by atoms with van der Waals surface area (Å²) < 4.78 is 6.39. The Bertz CT molecular complexity index is 536. The standard InChI is InChI=1S/C10H9ClN2O2S/c1-13-10(14)9(11)8(5-12-13)16-6-7-3-2-4-15-7/h2-5H,6H2,1H3. The molecule has 0 atom stereocenters. The van der Waals surface area contributed by atoms with Gasteiger partial charge in [0.2, 0.25) is 0 Å². The van der Waals surface area contributed by atoms with Crippen LogP contribution in [0.5, 0.6) is 0 Å². The minimum absolute atomic E-state index is 0.203. The second-order valence-corrected chi connectivity index (χ2v) is 4.51. The third-order valence-corrected chi connectivity index (χ3v) is 3.52. The molecule has 4 nitrogen and oxygen atoms in total. The molecule has 2 rings (SSSR count). The lowest BCUT2D eigenvalue weighted by Crippen LogP contribution is -2.19. The minimum atomic E-state index is -0.286. The van der Waals surface area contributed by atoms with Crippen molar-refractivity contribution in [2.45, 2.75) is 10.6 Å². The van der Waals surface area contributed by atoms with Gasteiger partial charge in [-0.2, -0.15) is 5.10 Å². The van der Waals surface area contributed by atoms with Crippen molar-refractivity contribution in [1.29, 1.82) is 0 Å². The molecule has 0 bridgehead atoms. The molecule has 0 fully saturated rings. The molecule has 16 heavy (non-hydrogen) atoms. The Balaban J connectivity index is 2.16. The lowest BCUT2D eigenvalue weighted by Gasteiger charge is -2.03. The first-order chi connectivity index (χ1) is 7.68. The summed E-state index contributed by atoms with van der Waals surface area (Å²) in [4.78, 5) is 12.2. The molecule has 84 valence electrons. The lowest BCUT2D eigenvalue weighted by molar-refractivity contribution is 0.530.